The van der Waals surface area contributed by atoms with Gasteiger partial charge >= 0.3 is 0 Å². The van der Waals surface area contributed by atoms with Crippen molar-refractivity contribution >= 4 is 12.4 Å². The van der Waals surface area contributed by atoms with Crippen molar-refractivity contribution < 1.29 is 10.2 Å². The van der Waals surface area contributed by atoms with Crippen LogP contribution in [-0.4, -0.2) is 10.2 Å². The zero-order valence-corrected chi connectivity index (χ0v) is 22.2. The standard InChI is InChI=1S/2C14H22O.ClH/c1-13(2,3)10-7-11(14(4,5)6)9-12(15)8-10;1-5-10(3)12-8-7-9-13(14(12)15)11(4)6-2;/h7-9,15H,1-6H3;7-11,15H,5-6H2,1-4H3;1H. The third-order valence-corrected chi connectivity index (χ3v) is 6.03. The minimum absolute atomic E-state index is 0. The lowest BCUT2D eigenvalue weighted by molar-refractivity contribution is 0.449. The molecule has 2 rings (SSSR count). The molecule has 0 fully saturated rings. The number of phenolic OH excluding ortho intramolecular Hbond substituents is 2. The molecule has 0 amide bonds. The van der Waals surface area contributed by atoms with E-state index in [4.69, 9.17) is 0 Å². The smallest absolute Gasteiger partial charge is 0.122 e. The lowest BCUT2D eigenvalue weighted by Gasteiger charge is -2.25. The van der Waals surface area contributed by atoms with Gasteiger partial charge in [-0.25, -0.2) is 0 Å². The first-order chi connectivity index (χ1) is 13.7. The summed E-state index contributed by atoms with van der Waals surface area (Å²) in [4.78, 5) is 0. The fourth-order valence-corrected chi connectivity index (χ4v) is 3.29. The van der Waals surface area contributed by atoms with E-state index in [9.17, 15) is 10.2 Å². The van der Waals surface area contributed by atoms with Crippen LogP contribution >= 0.6 is 12.4 Å². The molecule has 0 aliphatic heterocycles. The quantitative estimate of drug-likeness (QED) is 0.490. The summed E-state index contributed by atoms with van der Waals surface area (Å²) in [6.07, 6.45) is 2.13. The van der Waals surface area contributed by atoms with Gasteiger partial charge in [0.25, 0.3) is 0 Å². The number of rotatable bonds is 4. The number of hydrogen-bond acceptors (Lipinski definition) is 2. The zero-order valence-electron chi connectivity index (χ0n) is 21.3. The minimum atomic E-state index is 0. The maximum absolute atomic E-state index is 10.2. The Morgan fingerprint density at radius 1 is 0.710 bits per heavy atom. The molecule has 2 atom stereocenters. The summed E-state index contributed by atoms with van der Waals surface area (Å²) in [5, 5.41) is 19.9. The molecule has 0 saturated heterocycles. The Balaban J connectivity index is 0.000000562. The second-order valence-electron chi connectivity index (χ2n) is 10.7. The molecule has 0 aliphatic carbocycles. The highest BCUT2D eigenvalue weighted by molar-refractivity contribution is 5.85. The van der Waals surface area contributed by atoms with Crippen LogP contribution < -0.4 is 0 Å². The van der Waals surface area contributed by atoms with Crippen LogP contribution in [0.2, 0.25) is 0 Å². The van der Waals surface area contributed by atoms with E-state index >= 15 is 0 Å². The van der Waals surface area contributed by atoms with Crippen molar-refractivity contribution in [2.24, 2.45) is 0 Å². The number of benzene rings is 2. The van der Waals surface area contributed by atoms with E-state index in [1.54, 1.807) is 0 Å². The Morgan fingerprint density at radius 3 is 1.35 bits per heavy atom. The summed E-state index contributed by atoms with van der Waals surface area (Å²) in [6.45, 7) is 21.6. The molecule has 0 aromatic heterocycles. The number of para-hydroxylation sites is 1. The van der Waals surface area contributed by atoms with E-state index < -0.39 is 0 Å². The van der Waals surface area contributed by atoms with E-state index in [2.05, 4.69) is 81.4 Å². The average Bonchev–Trinajstić information content (AvgIpc) is 2.65. The van der Waals surface area contributed by atoms with Crippen LogP contribution in [0.4, 0.5) is 0 Å². The van der Waals surface area contributed by atoms with Crippen LogP contribution in [0.15, 0.2) is 36.4 Å². The molecule has 0 radical (unpaired) electrons. The molecule has 0 saturated carbocycles. The Morgan fingerprint density at radius 2 is 1.06 bits per heavy atom. The van der Waals surface area contributed by atoms with E-state index in [0.717, 1.165) is 24.0 Å². The predicted octanol–water partition coefficient (Wildman–Crippen LogP) is 8.83. The largest absolute Gasteiger partial charge is 0.508 e. The van der Waals surface area contributed by atoms with Crippen molar-refractivity contribution in [3.63, 3.8) is 0 Å². The van der Waals surface area contributed by atoms with Crippen LogP contribution in [0.25, 0.3) is 0 Å². The lowest BCUT2D eigenvalue weighted by Crippen LogP contribution is -2.15. The molecule has 0 spiro atoms. The van der Waals surface area contributed by atoms with Crippen molar-refractivity contribution in [3.8, 4) is 11.5 Å². The fourth-order valence-electron chi connectivity index (χ4n) is 3.29. The van der Waals surface area contributed by atoms with Gasteiger partial charge in [-0.15, -0.1) is 12.4 Å². The topological polar surface area (TPSA) is 40.5 Å². The molecule has 2 aromatic carbocycles. The van der Waals surface area contributed by atoms with Crippen molar-refractivity contribution in [2.75, 3.05) is 0 Å². The molecule has 2 aromatic rings. The number of aromatic hydroxyl groups is 2. The normalized spacial score (nSPS) is 13.5. The Hall–Kier alpha value is -1.67. The summed E-state index contributed by atoms with van der Waals surface area (Å²) < 4.78 is 0. The summed E-state index contributed by atoms with van der Waals surface area (Å²) in [5.74, 6) is 1.76. The Labute approximate surface area is 197 Å². The summed E-state index contributed by atoms with van der Waals surface area (Å²) in [7, 11) is 0. The first kappa shape index (κ1) is 29.3. The van der Waals surface area contributed by atoms with Crippen molar-refractivity contribution in [1.29, 1.82) is 0 Å². The van der Waals surface area contributed by atoms with Crippen LogP contribution in [0.5, 0.6) is 11.5 Å². The minimum Gasteiger partial charge on any atom is -0.508 e. The molecule has 0 bridgehead atoms. The summed E-state index contributed by atoms with van der Waals surface area (Å²) in [5.41, 5.74) is 4.72. The van der Waals surface area contributed by atoms with Crippen LogP contribution in [0.1, 0.15) is 116 Å². The van der Waals surface area contributed by atoms with E-state index in [0.29, 0.717) is 23.3 Å². The second-order valence-corrected chi connectivity index (χ2v) is 10.7. The number of phenols is 2. The van der Waals surface area contributed by atoms with Gasteiger partial charge in [0.1, 0.15) is 11.5 Å². The van der Waals surface area contributed by atoms with Gasteiger partial charge in [0, 0.05) is 0 Å². The third kappa shape index (κ3) is 8.41. The van der Waals surface area contributed by atoms with Gasteiger partial charge in [0.15, 0.2) is 0 Å². The molecule has 176 valence electrons. The monoisotopic (exact) mass is 448 g/mol. The third-order valence-electron chi connectivity index (χ3n) is 6.03. The van der Waals surface area contributed by atoms with Crippen LogP contribution in [0.3, 0.4) is 0 Å². The molecule has 2 nitrogen and oxygen atoms in total. The van der Waals surface area contributed by atoms with Crippen LogP contribution in [-0.2, 0) is 10.8 Å². The van der Waals surface area contributed by atoms with E-state index in [1.807, 2.05) is 24.3 Å². The number of halogens is 1. The van der Waals surface area contributed by atoms with Gasteiger partial charge in [-0.05, 0) is 69.9 Å². The SMILES string of the molecule is CC(C)(C)c1cc(O)cc(C(C)(C)C)c1.CCC(C)c1cccc(C(C)CC)c1O.Cl. The van der Waals surface area contributed by atoms with E-state index in [-0.39, 0.29) is 23.2 Å². The van der Waals surface area contributed by atoms with Gasteiger partial charge in [0.05, 0.1) is 0 Å². The molecule has 2 unspecified atom stereocenters. The maximum Gasteiger partial charge on any atom is 0.122 e. The van der Waals surface area contributed by atoms with Crippen molar-refractivity contribution in [1.82, 2.24) is 0 Å². The van der Waals surface area contributed by atoms with Gasteiger partial charge in [0.2, 0.25) is 0 Å². The Bertz CT molecular complexity index is 752. The average molecular weight is 449 g/mol. The zero-order chi connectivity index (χ0) is 23.3. The van der Waals surface area contributed by atoms with Gasteiger partial charge in [-0.2, -0.15) is 0 Å². The summed E-state index contributed by atoms with van der Waals surface area (Å²) >= 11 is 0. The van der Waals surface area contributed by atoms with Gasteiger partial charge < -0.3 is 10.2 Å². The first-order valence-electron chi connectivity index (χ1n) is 11.4. The predicted molar refractivity (Wildman–Crippen MR) is 138 cm³/mol. The van der Waals surface area contributed by atoms with Crippen LogP contribution in [0, 0.1) is 0 Å². The lowest BCUT2D eigenvalue weighted by atomic mass is 9.80. The molecule has 0 heterocycles. The second kappa shape index (κ2) is 11.8. The van der Waals surface area contributed by atoms with Crippen molar-refractivity contribution in [2.45, 2.75) is 105 Å². The summed E-state index contributed by atoms with van der Waals surface area (Å²) in [6, 6.07) is 12.0. The highest BCUT2D eigenvalue weighted by Crippen LogP contribution is 2.35. The van der Waals surface area contributed by atoms with Crippen molar-refractivity contribution in [3.05, 3.63) is 58.7 Å². The molecule has 0 aliphatic rings. The molecular weight excluding hydrogens is 404 g/mol. The molecule has 2 N–H and O–H groups in total. The molecular formula is C28H45ClO2. The maximum atomic E-state index is 10.2. The first-order valence-corrected chi connectivity index (χ1v) is 11.4. The highest BCUT2D eigenvalue weighted by Gasteiger charge is 2.20. The molecule has 31 heavy (non-hydrogen) atoms. The van der Waals surface area contributed by atoms with Gasteiger partial charge in [-0.1, -0.05) is 93.5 Å². The molecule has 3 heteroatoms. The number of hydrogen-bond donors (Lipinski definition) is 2. The van der Waals surface area contributed by atoms with Gasteiger partial charge in [-0.3, -0.25) is 0 Å². The fraction of sp³-hybridized carbons (Fsp3) is 0.571. The Kier molecular flexibility index (Phi) is 11.2. The highest BCUT2D eigenvalue weighted by atomic mass is 35.5. The van der Waals surface area contributed by atoms with E-state index in [1.165, 1.54) is 11.1 Å².